The Morgan fingerprint density at radius 2 is 1.44 bits per heavy atom. The average Bonchev–Trinajstić information content (AvgIpc) is 3.38. The molecular formula is C34H56N6O8. The Morgan fingerprint density at radius 3 is 1.90 bits per heavy atom. The molecule has 2 aliphatic heterocycles. The molecule has 3 aliphatic rings. The molecule has 0 aromatic carbocycles. The zero-order valence-electron chi connectivity index (χ0n) is 30.1. The van der Waals surface area contributed by atoms with E-state index < -0.39 is 81.8 Å². The average molecular weight is 677 g/mol. The Balaban J connectivity index is 1.86. The molecule has 1 aliphatic carbocycles. The van der Waals surface area contributed by atoms with Gasteiger partial charge >= 0.3 is 6.03 Å². The molecule has 2 saturated heterocycles. The molecule has 0 bridgehead atoms. The van der Waals surface area contributed by atoms with Crippen LogP contribution in [0.2, 0.25) is 0 Å². The zero-order chi connectivity index (χ0) is 36.4. The van der Waals surface area contributed by atoms with Crippen molar-refractivity contribution >= 4 is 41.4 Å². The highest BCUT2D eigenvalue weighted by molar-refractivity contribution is 6.37. The van der Waals surface area contributed by atoms with E-state index in [0.717, 1.165) is 24.2 Å². The minimum Gasteiger partial charge on any atom is -0.363 e. The van der Waals surface area contributed by atoms with Gasteiger partial charge in [0.25, 0.3) is 17.7 Å². The number of morpholine rings is 1. The van der Waals surface area contributed by atoms with Gasteiger partial charge in [-0.1, -0.05) is 81.6 Å². The quantitative estimate of drug-likeness (QED) is 0.186. The van der Waals surface area contributed by atoms with Gasteiger partial charge in [0, 0.05) is 13.1 Å². The summed E-state index contributed by atoms with van der Waals surface area (Å²) in [5.74, 6) is -4.06. The van der Waals surface area contributed by atoms with Gasteiger partial charge in [-0.05, 0) is 40.9 Å². The van der Waals surface area contributed by atoms with Crippen LogP contribution in [0.25, 0.3) is 0 Å². The van der Waals surface area contributed by atoms with Gasteiger partial charge in [-0.3, -0.25) is 33.7 Å². The summed E-state index contributed by atoms with van der Waals surface area (Å²) in [6.45, 7) is 16.7. The molecule has 0 aromatic heterocycles. The van der Waals surface area contributed by atoms with E-state index in [1.54, 1.807) is 20.8 Å². The number of ether oxygens (including phenoxy) is 1. The standard InChI is InChI=1S/C34H56N6O8/c1-32(2,3)20-13-14-39(25(20)29(45)36-21(26(43)28(35)44)15-19-11-10-12-19)30(46)27(34(7,8)9)38-31(47)37-22(33(4,5)6)16-40-23(41)17-48-18-24(40)42/h19-22,25,27H,10-18H2,1-9H3,(H2,35,44)(H,36,45)(H2,37,38,47)/t20-,21?,22+,25-,27+/m0/s1. The number of ketones is 1. The Morgan fingerprint density at radius 1 is 0.854 bits per heavy atom. The maximum absolute atomic E-state index is 14.4. The number of hydrogen-bond donors (Lipinski definition) is 4. The van der Waals surface area contributed by atoms with Gasteiger partial charge in [0.2, 0.25) is 17.6 Å². The highest BCUT2D eigenvalue weighted by Crippen LogP contribution is 2.40. The number of primary amides is 1. The molecule has 5 N–H and O–H groups in total. The third-order valence-electron chi connectivity index (χ3n) is 9.89. The van der Waals surface area contributed by atoms with E-state index >= 15 is 0 Å². The van der Waals surface area contributed by atoms with E-state index in [0.29, 0.717) is 12.8 Å². The van der Waals surface area contributed by atoms with Crippen molar-refractivity contribution in [3.63, 3.8) is 0 Å². The highest BCUT2D eigenvalue weighted by Gasteiger charge is 2.50. The fraction of sp³-hybridized carbons (Fsp3) is 0.794. The summed E-state index contributed by atoms with van der Waals surface area (Å²) in [5, 5.41) is 8.48. The van der Waals surface area contributed by atoms with Gasteiger partial charge in [-0.2, -0.15) is 0 Å². The monoisotopic (exact) mass is 676 g/mol. The number of rotatable bonds is 11. The van der Waals surface area contributed by atoms with Crippen LogP contribution in [0.3, 0.4) is 0 Å². The summed E-state index contributed by atoms with van der Waals surface area (Å²) in [6.07, 6.45) is 3.63. The lowest BCUT2D eigenvalue weighted by molar-refractivity contribution is -0.159. The van der Waals surface area contributed by atoms with Crippen LogP contribution < -0.4 is 21.7 Å². The van der Waals surface area contributed by atoms with Crippen molar-refractivity contribution in [1.82, 2.24) is 25.8 Å². The van der Waals surface area contributed by atoms with Crippen LogP contribution in [0.5, 0.6) is 0 Å². The first kappa shape index (κ1) is 38.9. The van der Waals surface area contributed by atoms with Gasteiger partial charge in [0.1, 0.15) is 25.3 Å². The van der Waals surface area contributed by atoms with Crippen LogP contribution in [-0.4, -0.2) is 102 Å². The summed E-state index contributed by atoms with van der Waals surface area (Å²) in [7, 11) is 0. The van der Waals surface area contributed by atoms with E-state index in [2.05, 4.69) is 16.0 Å². The zero-order valence-corrected chi connectivity index (χ0v) is 30.1. The lowest BCUT2D eigenvalue weighted by Crippen LogP contribution is -2.63. The summed E-state index contributed by atoms with van der Waals surface area (Å²) in [6, 6.07) is -4.45. The SMILES string of the molecule is CC(C)(C)[C@H](NC(=O)N[C@H](CN1C(=O)COCC1=O)C(C)(C)C)C(=O)N1CC[C@H](C(C)(C)C)[C@H]1C(=O)NC(CC1CCC1)C(=O)C(N)=O. The molecule has 1 unspecified atom stereocenters. The Bertz CT molecular complexity index is 1260. The number of carbonyl (C=O) groups is 7. The van der Waals surface area contributed by atoms with Crippen LogP contribution in [0, 0.1) is 28.1 Å². The van der Waals surface area contributed by atoms with Crippen LogP contribution >= 0.6 is 0 Å². The molecular weight excluding hydrogens is 620 g/mol. The van der Waals surface area contributed by atoms with Crippen molar-refractivity contribution in [2.75, 3.05) is 26.3 Å². The van der Waals surface area contributed by atoms with Gasteiger partial charge in [0.05, 0.1) is 12.1 Å². The fourth-order valence-electron chi connectivity index (χ4n) is 6.58. The van der Waals surface area contributed by atoms with E-state index in [1.807, 2.05) is 41.5 Å². The minimum absolute atomic E-state index is 0.0697. The molecule has 3 rings (SSSR count). The second-order valence-corrected chi connectivity index (χ2v) is 16.8. The molecule has 0 radical (unpaired) electrons. The molecule has 5 atom stereocenters. The number of likely N-dealkylation sites (tertiary alicyclic amines) is 1. The first-order valence-corrected chi connectivity index (χ1v) is 16.9. The van der Waals surface area contributed by atoms with Gasteiger partial charge in [0.15, 0.2) is 0 Å². The van der Waals surface area contributed by atoms with Crippen molar-refractivity contribution < 1.29 is 38.3 Å². The molecule has 0 spiro atoms. The number of urea groups is 1. The Labute approximate surface area is 284 Å². The number of carbonyl (C=O) groups excluding carboxylic acids is 7. The maximum Gasteiger partial charge on any atom is 0.315 e. The fourth-order valence-corrected chi connectivity index (χ4v) is 6.58. The molecule has 3 fully saturated rings. The lowest BCUT2D eigenvalue weighted by atomic mass is 9.75. The molecule has 270 valence electrons. The first-order chi connectivity index (χ1) is 22.0. The number of nitrogens with two attached hydrogens (primary N) is 1. The summed E-state index contributed by atoms with van der Waals surface area (Å²) >= 11 is 0. The van der Waals surface area contributed by atoms with Gasteiger partial charge < -0.3 is 31.3 Å². The number of Topliss-reactive ketones (excluding diaryl/α,β-unsaturated/α-hetero) is 1. The van der Waals surface area contributed by atoms with Crippen LogP contribution in [0.1, 0.15) is 94.4 Å². The van der Waals surface area contributed by atoms with Crippen molar-refractivity contribution in [2.45, 2.75) is 119 Å². The molecule has 7 amide bonds. The lowest BCUT2D eigenvalue weighted by Gasteiger charge is -2.40. The number of nitrogens with zero attached hydrogens (tertiary/aromatic N) is 2. The number of amides is 7. The Kier molecular flexibility index (Phi) is 12.1. The topological polar surface area (TPSA) is 197 Å². The van der Waals surface area contributed by atoms with Crippen molar-refractivity contribution in [3.05, 3.63) is 0 Å². The van der Waals surface area contributed by atoms with Crippen LogP contribution in [0.15, 0.2) is 0 Å². The second kappa shape index (κ2) is 14.9. The van der Waals surface area contributed by atoms with Gasteiger partial charge in [-0.15, -0.1) is 0 Å². The van der Waals surface area contributed by atoms with E-state index in [9.17, 15) is 33.6 Å². The predicted molar refractivity (Wildman–Crippen MR) is 177 cm³/mol. The maximum atomic E-state index is 14.4. The Hall–Kier alpha value is -3.55. The molecule has 1 saturated carbocycles. The van der Waals surface area contributed by atoms with Crippen molar-refractivity contribution in [1.29, 1.82) is 0 Å². The second-order valence-electron chi connectivity index (χ2n) is 16.8. The summed E-state index contributed by atoms with van der Waals surface area (Å²) in [4.78, 5) is 94.1. The van der Waals surface area contributed by atoms with E-state index in [4.69, 9.17) is 10.5 Å². The predicted octanol–water partition coefficient (Wildman–Crippen LogP) is 1.49. The third kappa shape index (κ3) is 9.54. The first-order valence-electron chi connectivity index (χ1n) is 16.9. The molecule has 48 heavy (non-hydrogen) atoms. The summed E-state index contributed by atoms with van der Waals surface area (Å²) < 4.78 is 5.01. The molecule has 14 heteroatoms. The number of imide groups is 1. The van der Waals surface area contributed by atoms with Crippen LogP contribution in [-0.2, 0) is 33.5 Å². The normalized spacial score (nSPS) is 22.8. The van der Waals surface area contributed by atoms with Crippen LogP contribution in [0.4, 0.5) is 4.79 Å². The summed E-state index contributed by atoms with van der Waals surface area (Å²) in [5.41, 5.74) is 3.57. The van der Waals surface area contributed by atoms with Crippen molar-refractivity contribution in [2.24, 2.45) is 33.8 Å². The molecule has 14 nitrogen and oxygen atoms in total. The number of nitrogens with one attached hydrogen (secondary N) is 3. The molecule has 2 heterocycles. The molecule has 0 aromatic rings. The van der Waals surface area contributed by atoms with E-state index in [1.165, 1.54) is 4.90 Å². The third-order valence-corrected chi connectivity index (χ3v) is 9.89. The van der Waals surface area contributed by atoms with Gasteiger partial charge in [-0.25, -0.2) is 4.79 Å². The highest BCUT2D eigenvalue weighted by atomic mass is 16.5. The minimum atomic E-state index is -1.12. The van der Waals surface area contributed by atoms with E-state index in [-0.39, 0.29) is 38.1 Å². The number of hydrogen-bond acceptors (Lipinski definition) is 8. The smallest absolute Gasteiger partial charge is 0.315 e. The van der Waals surface area contributed by atoms with Crippen molar-refractivity contribution in [3.8, 4) is 0 Å². The largest absolute Gasteiger partial charge is 0.363 e.